The summed E-state index contributed by atoms with van der Waals surface area (Å²) in [6.45, 7) is 3.95. The third-order valence-electron chi connectivity index (χ3n) is 7.18. The average Bonchev–Trinajstić information content (AvgIpc) is 3.22. The topological polar surface area (TPSA) is 128 Å². The van der Waals surface area contributed by atoms with E-state index < -0.39 is 0 Å². The fourth-order valence-electron chi connectivity index (χ4n) is 5.26. The van der Waals surface area contributed by atoms with Crippen LogP contribution in [0.2, 0.25) is 0 Å². The van der Waals surface area contributed by atoms with Crippen LogP contribution in [-0.4, -0.2) is 44.7 Å². The molecule has 0 aliphatic heterocycles. The second kappa shape index (κ2) is 14.2. The molecule has 2 aromatic carbocycles. The van der Waals surface area contributed by atoms with Crippen LogP contribution in [0.15, 0.2) is 34.4 Å². The number of hydrogen-bond donors (Lipinski definition) is 3. The van der Waals surface area contributed by atoms with Crippen molar-refractivity contribution in [1.29, 1.82) is 0 Å². The van der Waals surface area contributed by atoms with E-state index in [4.69, 9.17) is 14.2 Å². The van der Waals surface area contributed by atoms with E-state index in [9.17, 15) is 14.4 Å². The lowest BCUT2D eigenvalue weighted by molar-refractivity contribution is -0.119. The van der Waals surface area contributed by atoms with Crippen LogP contribution in [0.25, 0.3) is 11.1 Å². The van der Waals surface area contributed by atoms with E-state index in [0.29, 0.717) is 59.4 Å². The monoisotopic (exact) mass is 594 g/mol. The molecule has 0 fully saturated rings. The molecule has 1 atom stereocenters. The van der Waals surface area contributed by atoms with Crippen LogP contribution in [0.3, 0.4) is 0 Å². The van der Waals surface area contributed by atoms with Gasteiger partial charge in [-0.2, -0.15) is 0 Å². The number of methoxy groups -OCH3 is 3. The van der Waals surface area contributed by atoms with Crippen LogP contribution in [0.4, 0.5) is 10.8 Å². The highest BCUT2D eigenvalue weighted by molar-refractivity contribution is 7.13. The molecule has 224 valence electrons. The number of ether oxygens (including phenoxy) is 3. The Hall–Kier alpha value is -4.12. The quantitative estimate of drug-likeness (QED) is 0.243. The van der Waals surface area contributed by atoms with E-state index in [-0.39, 0.29) is 23.3 Å². The molecule has 2 amide bonds. The van der Waals surface area contributed by atoms with Gasteiger partial charge in [0.2, 0.25) is 23.0 Å². The third kappa shape index (κ3) is 7.20. The van der Waals surface area contributed by atoms with Crippen molar-refractivity contribution in [2.45, 2.75) is 58.4 Å². The minimum atomic E-state index is -0.362. The number of nitrogens with one attached hydrogen (secondary N) is 3. The molecule has 0 bridgehead atoms. The van der Waals surface area contributed by atoms with Gasteiger partial charge >= 0.3 is 0 Å². The Kier molecular flexibility index (Phi) is 10.4. The number of aryl methyl sites for hydroxylation is 2. The molecule has 3 N–H and O–H groups in total. The molecule has 0 radical (unpaired) electrons. The lowest BCUT2D eigenvalue weighted by Gasteiger charge is -2.19. The van der Waals surface area contributed by atoms with Gasteiger partial charge in [0, 0.05) is 30.8 Å². The second-order valence-corrected chi connectivity index (χ2v) is 11.0. The van der Waals surface area contributed by atoms with Gasteiger partial charge < -0.3 is 30.2 Å². The van der Waals surface area contributed by atoms with Gasteiger partial charge in [0.15, 0.2) is 16.6 Å². The highest BCUT2D eigenvalue weighted by atomic mass is 32.1. The van der Waals surface area contributed by atoms with Crippen LogP contribution in [-0.2, 0) is 16.0 Å². The lowest BCUT2D eigenvalue weighted by atomic mass is 9.95. The van der Waals surface area contributed by atoms with E-state index in [1.54, 1.807) is 33.5 Å². The zero-order chi connectivity index (χ0) is 30.2. The van der Waals surface area contributed by atoms with Gasteiger partial charge in [-0.1, -0.05) is 12.5 Å². The Morgan fingerprint density at radius 3 is 2.50 bits per heavy atom. The molecule has 10 nitrogen and oxygen atoms in total. The van der Waals surface area contributed by atoms with E-state index in [1.807, 2.05) is 24.4 Å². The number of thiazole rings is 1. The predicted octanol–water partition coefficient (Wildman–Crippen LogP) is 5.24. The number of anilines is 2. The Labute approximate surface area is 249 Å². The first-order valence-electron chi connectivity index (χ1n) is 14.0. The number of fused-ring (bicyclic) bond motifs is 3. The second-order valence-electron chi connectivity index (χ2n) is 10.2. The molecule has 4 rings (SSSR count). The standard InChI is InChI=1S/C31H38N4O6S/c1-18-17-42-31(33-18)35-27(38)9-7-6-8-14-32-24-13-11-21-22(16-25(24)37)23(34-19(2)36)12-10-20-15-26(39-3)29(40-4)30(41-5)28(20)21/h11,13,15-17,23H,6-10,12,14H2,1-5H3,(H,32,37)(H,34,36)(H,33,35,38)/t23-/m1/s1. The maximum Gasteiger partial charge on any atom is 0.226 e. The number of aromatic nitrogens is 1. The maximum absolute atomic E-state index is 13.4. The van der Waals surface area contributed by atoms with Crippen LogP contribution >= 0.6 is 11.3 Å². The lowest BCUT2D eigenvalue weighted by Crippen LogP contribution is -2.26. The molecule has 1 aliphatic carbocycles. The van der Waals surface area contributed by atoms with Crippen molar-refractivity contribution in [1.82, 2.24) is 10.3 Å². The van der Waals surface area contributed by atoms with Crippen molar-refractivity contribution in [2.75, 3.05) is 38.5 Å². The summed E-state index contributed by atoms with van der Waals surface area (Å²) in [4.78, 5) is 41.9. The fraction of sp³-hybridized carbons (Fsp3) is 0.419. The Balaban J connectivity index is 1.53. The summed E-state index contributed by atoms with van der Waals surface area (Å²) in [5.74, 6) is 1.31. The normalized spacial score (nSPS) is 13.7. The Bertz CT molecular complexity index is 1510. The zero-order valence-electron chi connectivity index (χ0n) is 24.7. The number of rotatable bonds is 12. The summed E-state index contributed by atoms with van der Waals surface area (Å²) in [5.41, 5.74) is 4.46. The Morgan fingerprint density at radius 2 is 1.83 bits per heavy atom. The molecule has 11 heteroatoms. The van der Waals surface area contributed by atoms with Gasteiger partial charge in [-0.05, 0) is 67.5 Å². The van der Waals surface area contributed by atoms with E-state index in [1.165, 1.54) is 18.3 Å². The number of carbonyl (C=O) groups is 2. The van der Waals surface area contributed by atoms with Gasteiger partial charge in [-0.25, -0.2) is 4.98 Å². The van der Waals surface area contributed by atoms with Crippen molar-refractivity contribution >= 4 is 34.0 Å². The molecule has 42 heavy (non-hydrogen) atoms. The van der Waals surface area contributed by atoms with Crippen molar-refractivity contribution in [2.24, 2.45) is 0 Å². The van der Waals surface area contributed by atoms with Crippen LogP contribution < -0.4 is 35.6 Å². The molecule has 0 spiro atoms. The molecule has 3 aromatic rings. The summed E-state index contributed by atoms with van der Waals surface area (Å²) < 4.78 is 17.1. The van der Waals surface area contributed by atoms with Crippen molar-refractivity contribution < 1.29 is 23.8 Å². The highest BCUT2D eigenvalue weighted by Crippen LogP contribution is 2.50. The Morgan fingerprint density at radius 1 is 1.05 bits per heavy atom. The molecule has 1 aliphatic rings. The van der Waals surface area contributed by atoms with E-state index in [0.717, 1.165) is 41.6 Å². The van der Waals surface area contributed by atoms with Crippen LogP contribution in [0.1, 0.15) is 61.9 Å². The number of hydrogen-bond acceptors (Lipinski definition) is 9. The number of carbonyl (C=O) groups excluding carboxylic acids is 2. The molecule has 0 unspecified atom stereocenters. The maximum atomic E-state index is 13.4. The SMILES string of the molecule is COc1cc2c(c(OC)c1OC)-c1ccc(NCCCCCC(=O)Nc3nc(C)cs3)c(=O)cc1[C@H](NC(C)=O)CC2. The first-order chi connectivity index (χ1) is 20.2. The van der Waals surface area contributed by atoms with Crippen molar-refractivity contribution in [3.8, 4) is 28.4 Å². The van der Waals surface area contributed by atoms with E-state index >= 15 is 0 Å². The fourth-order valence-corrected chi connectivity index (χ4v) is 5.96. The molecule has 0 saturated heterocycles. The highest BCUT2D eigenvalue weighted by Gasteiger charge is 2.29. The molecule has 0 saturated carbocycles. The largest absolute Gasteiger partial charge is 0.493 e. The van der Waals surface area contributed by atoms with Crippen LogP contribution in [0, 0.1) is 6.92 Å². The van der Waals surface area contributed by atoms with E-state index in [2.05, 4.69) is 20.9 Å². The zero-order valence-corrected chi connectivity index (χ0v) is 25.5. The minimum absolute atomic E-state index is 0.0468. The minimum Gasteiger partial charge on any atom is -0.493 e. The number of unbranched alkanes of at least 4 members (excludes halogenated alkanes) is 2. The van der Waals surface area contributed by atoms with Crippen molar-refractivity contribution in [3.05, 3.63) is 56.7 Å². The molecule has 1 aromatic heterocycles. The van der Waals surface area contributed by atoms with Gasteiger partial charge in [-0.15, -0.1) is 11.3 Å². The summed E-state index contributed by atoms with van der Waals surface area (Å²) in [6.07, 6.45) is 4.01. The summed E-state index contributed by atoms with van der Waals surface area (Å²) in [5, 5.41) is 11.6. The third-order valence-corrected chi connectivity index (χ3v) is 8.05. The van der Waals surface area contributed by atoms with Gasteiger partial charge in [-0.3, -0.25) is 14.4 Å². The van der Waals surface area contributed by atoms with Gasteiger partial charge in [0.05, 0.1) is 38.8 Å². The summed E-state index contributed by atoms with van der Waals surface area (Å²) in [7, 11) is 4.71. The first-order valence-corrected chi connectivity index (χ1v) is 14.9. The number of amides is 2. The molecular weight excluding hydrogens is 556 g/mol. The molecular formula is C31H38N4O6S. The summed E-state index contributed by atoms with van der Waals surface area (Å²) >= 11 is 1.42. The average molecular weight is 595 g/mol. The molecule has 1 heterocycles. The predicted molar refractivity (Wildman–Crippen MR) is 165 cm³/mol. The van der Waals surface area contributed by atoms with Crippen molar-refractivity contribution in [3.63, 3.8) is 0 Å². The van der Waals surface area contributed by atoms with Crippen LogP contribution in [0.5, 0.6) is 17.2 Å². The number of nitrogens with zero attached hydrogens (tertiary/aromatic N) is 1. The summed E-state index contributed by atoms with van der Waals surface area (Å²) in [6, 6.07) is 6.85. The van der Waals surface area contributed by atoms with Gasteiger partial charge in [0.25, 0.3) is 0 Å². The smallest absolute Gasteiger partial charge is 0.226 e. The number of benzene rings is 1. The first kappa shape index (κ1) is 30.8. The van der Waals surface area contributed by atoms with Gasteiger partial charge in [0.1, 0.15) is 0 Å².